The highest BCUT2D eigenvalue weighted by Gasteiger charge is 2.23. The Labute approximate surface area is 97.3 Å². The van der Waals surface area contributed by atoms with Crippen LogP contribution in [0.5, 0.6) is 0 Å². The number of piperidine rings is 1. The van der Waals surface area contributed by atoms with E-state index in [9.17, 15) is 9.90 Å². The number of amides is 1. The number of aliphatic hydroxyl groups excluding tert-OH is 1. The summed E-state index contributed by atoms with van der Waals surface area (Å²) in [6.07, 6.45) is 1.28. The van der Waals surface area contributed by atoms with Crippen LogP contribution in [0.15, 0.2) is 12.1 Å². The van der Waals surface area contributed by atoms with Gasteiger partial charge < -0.3 is 10.0 Å². The minimum Gasteiger partial charge on any atom is -0.391 e. The molecule has 0 bridgehead atoms. The summed E-state index contributed by atoms with van der Waals surface area (Å²) in [6.45, 7) is 1.17. The van der Waals surface area contributed by atoms with Crippen molar-refractivity contribution in [3.63, 3.8) is 0 Å². The van der Waals surface area contributed by atoms with Gasteiger partial charge in [0.25, 0.3) is 5.91 Å². The third kappa shape index (κ3) is 2.51. The molecule has 1 atom stereocenters. The predicted molar refractivity (Wildman–Crippen MR) is 60.5 cm³/mol. The average Bonchev–Trinajstić information content (AvgIpc) is 2.64. The molecule has 0 aliphatic carbocycles. The van der Waals surface area contributed by atoms with Crippen molar-refractivity contribution in [1.82, 2.24) is 4.90 Å². The van der Waals surface area contributed by atoms with Crippen molar-refractivity contribution in [2.45, 2.75) is 18.9 Å². The van der Waals surface area contributed by atoms with Crippen molar-refractivity contribution in [2.75, 3.05) is 13.1 Å². The lowest BCUT2D eigenvalue weighted by molar-refractivity contribution is 0.0478. The normalized spacial score (nSPS) is 21.7. The summed E-state index contributed by atoms with van der Waals surface area (Å²) < 4.78 is 0.621. The first-order valence-electron chi connectivity index (χ1n) is 4.89. The molecule has 1 aromatic rings. The van der Waals surface area contributed by atoms with Crippen LogP contribution in [0.2, 0.25) is 4.34 Å². The standard InChI is InChI=1S/C10H12ClNO2S/c11-9-4-3-8(15-9)10(14)12-5-1-2-7(13)6-12/h3-4,7,13H,1-2,5-6H2/t7-/m0/s1. The zero-order valence-corrected chi connectivity index (χ0v) is 9.72. The number of aliphatic hydroxyl groups is 1. The molecule has 1 aliphatic heterocycles. The third-order valence-electron chi connectivity index (χ3n) is 2.47. The summed E-state index contributed by atoms with van der Waals surface area (Å²) in [4.78, 5) is 14.3. The van der Waals surface area contributed by atoms with Gasteiger partial charge in [0.15, 0.2) is 0 Å². The average molecular weight is 246 g/mol. The Hall–Kier alpha value is -0.580. The summed E-state index contributed by atoms with van der Waals surface area (Å²) in [5.41, 5.74) is 0. The molecule has 1 aliphatic rings. The molecule has 2 rings (SSSR count). The number of carbonyl (C=O) groups is 1. The summed E-state index contributed by atoms with van der Waals surface area (Å²) >= 11 is 7.05. The monoisotopic (exact) mass is 245 g/mol. The van der Waals surface area contributed by atoms with Crippen LogP contribution in [0.4, 0.5) is 0 Å². The largest absolute Gasteiger partial charge is 0.391 e. The number of likely N-dealkylation sites (tertiary alicyclic amines) is 1. The van der Waals surface area contributed by atoms with Gasteiger partial charge in [0.2, 0.25) is 0 Å². The number of nitrogens with zero attached hydrogens (tertiary/aromatic N) is 1. The molecule has 1 saturated heterocycles. The van der Waals surface area contributed by atoms with E-state index in [4.69, 9.17) is 11.6 Å². The molecule has 5 heteroatoms. The van der Waals surface area contributed by atoms with Crippen molar-refractivity contribution in [3.8, 4) is 0 Å². The van der Waals surface area contributed by atoms with Crippen molar-refractivity contribution >= 4 is 28.8 Å². The predicted octanol–water partition coefficient (Wildman–Crippen LogP) is 2.00. The summed E-state index contributed by atoms with van der Waals surface area (Å²) in [6, 6.07) is 3.45. The highest BCUT2D eigenvalue weighted by Crippen LogP contribution is 2.23. The zero-order chi connectivity index (χ0) is 10.8. The first-order valence-corrected chi connectivity index (χ1v) is 6.09. The Morgan fingerprint density at radius 2 is 2.40 bits per heavy atom. The molecule has 2 heterocycles. The maximum absolute atomic E-state index is 11.9. The van der Waals surface area contributed by atoms with Gasteiger partial charge in [0.1, 0.15) is 0 Å². The summed E-state index contributed by atoms with van der Waals surface area (Å²) in [7, 11) is 0. The first kappa shape index (κ1) is 10.9. The molecular weight excluding hydrogens is 234 g/mol. The fraction of sp³-hybridized carbons (Fsp3) is 0.500. The number of β-amino-alcohol motifs (C(OH)–C–C–N with tert-alkyl or cyclic N) is 1. The van der Waals surface area contributed by atoms with E-state index < -0.39 is 0 Å². The highest BCUT2D eigenvalue weighted by atomic mass is 35.5. The van der Waals surface area contributed by atoms with Crippen LogP contribution >= 0.6 is 22.9 Å². The van der Waals surface area contributed by atoms with Gasteiger partial charge in [0, 0.05) is 13.1 Å². The van der Waals surface area contributed by atoms with E-state index in [1.54, 1.807) is 17.0 Å². The van der Waals surface area contributed by atoms with Crippen LogP contribution in [-0.2, 0) is 0 Å². The number of halogens is 1. The van der Waals surface area contributed by atoms with E-state index in [0.29, 0.717) is 15.8 Å². The van der Waals surface area contributed by atoms with E-state index in [1.165, 1.54) is 11.3 Å². The molecule has 0 spiro atoms. The number of hydrogen-bond donors (Lipinski definition) is 1. The van der Waals surface area contributed by atoms with Gasteiger partial charge in [-0.2, -0.15) is 0 Å². The van der Waals surface area contributed by atoms with E-state index in [-0.39, 0.29) is 12.0 Å². The van der Waals surface area contributed by atoms with Crippen LogP contribution in [0.1, 0.15) is 22.5 Å². The second-order valence-corrected chi connectivity index (χ2v) is 5.37. The lowest BCUT2D eigenvalue weighted by Gasteiger charge is -2.29. The maximum atomic E-state index is 11.9. The Morgan fingerprint density at radius 3 is 3.00 bits per heavy atom. The van der Waals surface area contributed by atoms with E-state index in [0.717, 1.165) is 19.4 Å². The van der Waals surface area contributed by atoms with Crippen LogP contribution in [0, 0.1) is 0 Å². The van der Waals surface area contributed by atoms with Crippen molar-refractivity contribution in [3.05, 3.63) is 21.3 Å². The van der Waals surface area contributed by atoms with E-state index in [2.05, 4.69) is 0 Å². The van der Waals surface area contributed by atoms with Gasteiger partial charge in [0.05, 0.1) is 15.3 Å². The van der Waals surface area contributed by atoms with Gasteiger partial charge in [-0.1, -0.05) is 11.6 Å². The second-order valence-electron chi connectivity index (χ2n) is 3.65. The van der Waals surface area contributed by atoms with Gasteiger partial charge in [-0.05, 0) is 25.0 Å². The topological polar surface area (TPSA) is 40.5 Å². The van der Waals surface area contributed by atoms with E-state index >= 15 is 0 Å². The summed E-state index contributed by atoms with van der Waals surface area (Å²) in [5.74, 6) is -0.0225. The second kappa shape index (κ2) is 4.51. The van der Waals surface area contributed by atoms with Crippen molar-refractivity contribution < 1.29 is 9.90 Å². The molecule has 1 fully saturated rings. The molecular formula is C10H12ClNO2S. The lowest BCUT2D eigenvalue weighted by Crippen LogP contribution is -2.41. The molecule has 82 valence electrons. The number of thiophene rings is 1. The molecule has 0 aromatic carbocycles. The number of rotatable bonds is 1. The maximum Gasteiger partial charge on any atom is 0.264 e. The number of carbonyl (C=O) groups excluding carboxylic acids is 1. The van der Waals surface area contributed by atoms with Gasteiger partial charge >= 0.3 is 0 Å². The Morgan fingerprint density at radius 1 is 1.60 bits per heavy atom. The van der Waals surface area contributed by atoms with Crippen molar-refractivity contribution in [2.24, 2.45) is 0 Å². The molecule has 1 N–H and O–H groups in total. The SMILES string of the molecule is O=C(c1ccc(Cl)s1)N1CCC[C@H](O)C1. The van der Waals surface area contributed by atoms with Crippen molar-refractivity contribution in [1.29, 1.82) is 0 Å². The molecule has 1 aromatic heterocycles. The minimum atomic E-state index is -0.377. The molecule has 0 unspecified atom stereocenters. The molecule has 15 heavy (non-hydrogen) atoms. The molecule has 3 nitrogen and oxygen atoms in total. The minimum absolute atomic E-state index is 0.0225. The first-order chi connectivity index (χ1) is 7.16. The smallest absolute Gasteiger partial charge is 0.264 e. The van der Waals surface area contributed by atoms with Crippen LogP contribution in [0.25, 0.3) is 0 Å². The third-order valence-corrected chi connectivity index (χ3v) is 3.69. The van der Waals surface area contributed by atoms with Crippen LogP contribution < -0.4 is 0 Å². The fourth-order valence-electron chi connectivity index (χ4n) is 1.72. The van der Waals surface area contributed by atoms with Crippen LogP contribution in [-0.4, -0.2) is 35.1 Å². The fourth-order valence-corrected chi connectivity index (χ4v) is 2.74. The Balaban J connectivity index is 2.07. The van der Waals surface area contributed by atoms with Gasteiger partial charge in [-0.25, -0.2) is 0 Å². The Bertz CT molecular complexity index is 366. The van der Waals surface area contributed by atoms with Crippen LogP contribution in [0.3, 0.4) is 0 Å². The Kier molecular flexibility index (Phi) is 3.29. The lowest BCUT2D eigenvalue weighted by atomic mass is 10.1. The molecule has 0 saturated carbocycles. The van der Waals surface area contributed by atoms with E-state index in [1.807, 2.05) is 0 Å². The highest BCUT2D eigenvalue weighted by molar-refractivity contribution is 7.17. The summed E-state index contributed by atoms with van der Waals surface area (Å²) in [5, 5.41) is 9.46. The molecule has 0 radical (unpaired) electrons. The number of hydrogen-bond acceptors (Lipinski definition) is 3. The molecule has 1 amide bonds. The quantitative estimate of drug-likeness (QED) is 0.822. The van der Waals surface area contributed by atoms with Gasteiger partial charge in [-0.3, -0.25) is 4.79 Å². The zero-order valence-electron chi connectivity index (χ0n) is 8.15. The van der Waals surface area contributed by atoms with Gasteiger partial charge in [-0.15, -0.1) is 11.3 Å².